The minimum Gasteiger partial charge on any atom is -0.383 e. The van der Waals surface area contributed by atoms with Crippen LogP contribution >= 0.6 is 12.4 Å². The first kappa shape index (κ1) is 23.6. The Morgan fingerprint density at radius 3 is 2.75 bits per heavy atom. The molecule has 3 heterocycles. The average Bonchev–Trinajstić information content (AvgIpc) is 3.26. The molecule has 0 bridgehead atoms. The number of aromatic nitrogens is 4. The van der Waals surface area contributed by atoms with E-state index in [-0.39, 0.29) is 41.4 Å². The molecule has 0 radical (unpaired) electrons. The Balaban J connectivity index is 0.00000289. The van der Waals surface area contributed by atoms with Crippen molar-refractivity contribution < 1.29 is 22.3 Å². The van der Waals surface area contributed by atoms with Crippen molar-refractivity contribution in [2.45, 2.75) is 12.3 Å². The molecule has 0 aliphatic carbocycles. The minimum atomic E-state index is -4.64. The highest BCUT2D eigenvalue weighted by Crippen LogP contribution is 2.28. The van der Waals surface area contributed by atoms with E-state index in [4.69, 9.17) is 10.5 Å². The Bertz CT molecular complexity index is 1110. The number of nitrogens with zero attached hydrogens (tertiary/aromatic N) is 5. The molecule has 3 aromatic rings. The number of hydrogen-bond donors (Lipinski definition) is 2. The molecule has 0 saturated carbocycles. The molecule has 3 N–H and O–H groups in total. The van der Waals surface area contributed by atoms with Crippen molar-refractivity contribution in [3.8, 4) is 5.82 Å². The smallest absolute Gasteiger partial charge is 0.383 e. The Morgan fingerprint density at radius 1 is 1.25 bits per heavy atom. The van der Waals surface area contributed by atoms with Gasteiger partial charge in [0.1, 0.15) is 17.3 Å². The van der Waals surface area contributed by atoms with Crippen molar-refractivity contribution in [2.24, 2.45) is 10.7 Å². The third-order valence-electron chi connectivity index (χ3n) is 4.54. The number of morpholine rings is 1. The molecule has 1 atom stereocenters. The maximum absolute atomic E-state index is 14.5. The molecule has 0 spiro atoms. The van der Waals surface area contributed by atoms with Gasteiger partial charge in [0.05, 0.1) is 36.9 Å². The lowest BCUT2D eigenvalue weighted by molar-refractivity contribution is -0.141. The number of halogens is 5. The molecule has 2 aromatic heterocycles. The van der Waals surface area contributed by atoms with Crippen LogP contribution in [0.5, 0.6) is 0 Å². The summed E-state index contributed by atoms with van der Waals surface area (Å²) in [6, 6.07) is 4.53. The summed E-state index contributed by atoms with van der Waals surface area (Å²) in [5, 5.41) is 7.11. The Kier molecular flexibility index (Phi) is 7.06. The quantitative estimate of drug-likeness (QED) is 0.344. The van der Waals surface area contributed by atoms with Gasteiger partial charge in [-0.25, -0.2) is 19.0 Å². The number of nitrogens with two attached hydrogens (primary N) is 1. The van der Waals surface area contributed by atoms with Gasteiger partial charge < -0.3 is 15.8 Å². The van der Waals surface area contributed by atoms with Crippen LogP contribution in [0.25, 0.3) is 5.82 Å². The lowest BCUT2D eigenvalue weighted by Gasteiger charge is -2.24. The maximum atomic E-state index is 14.5. The standard InChI is InChI=1S/C19H17F4N7O.ClH/c20-13-5-11(15-7-25-3-4-31-15)1-2-14(13)28-18(24)12-6-27-30(10-12)17-9-26-8-16(29-17)19(21,22)23;/h1-2,5-6,8-10,15,25H,3-4,7H2,(H2,24,28);1H/t15-;/m1./s1. The zero-order valence-electron chi connectivity index (χ0n) is 16.4. The molecule has 1 saturated heterocycles. The van der Waals surface area contributed by atoms with Crippen molar-refractivity contribution in [2.75, 3.05) is 19.7 Å². The topological polar surface area (TPSA) is 103 Å². The van der Waals surface area contributed by atoms with E-state index in [0.29, 0.717) is 24.9 Å². The van der Waals surface area contributed by atoms with Gasteiger partial charge in [0.2, 0.25) is 0 Å². The molecule has 1 aromatic carbocycles. The van der Waals surface area contributed by atoms with Gasteiger partial charge in [-0.3, -0.25) is 4.98 Å². The number of aliphatic imine (C=N–C) groups is 1. The van der Waals surface area contributed by atoms with Crippen LogP contribution in [0.1, 0.15) is 22.9 Å². The summed E-state index contributed by atoms with van der Waals surface area (Å²) in [6.45, 7) is 1.87. The zero-order valence-corrected chi connectivity index (χ0v) is 17.2. The molecule has 32 heavy (non-hydrogen) atoms. The molecule has 170 valence electrons. The van der Waals surface area contributed by atoms with E-state index >= 15 is 0 Å². The van der Waals surface area contributed by atoms with E-state index in [1.807, 2.05) is 0 Å². The fourth-order valence-corrected chi connectivity index (χ4v) is 2.97. The molecule has 4 rings (SSSR count). The Hall–Kier alpha value is -3.09. The molecule has 1 fully saturated rings. The van der Waals surface area contributed by atoms with Crippen LogP contribution < -0.4 is 11.1 Å². The van der Waals surface area contributed by atoms with Crippen molar-refractivity contribution in [1.82, 2.24) is 25.1 Å². The van der Waals surface area contributed by atoms with E-state index < -0.39 is 17.7 Å². The van der Waals surface area contributed by atoms with Crippen molar-refractivity contribution in [3.05, 3.63) is 65.6 Å². The molecule has 13 heteroatoms. The van der Waals surface area contributed by atoms with Crippen LogP contribution in [0.3, 0.4) is 0 Å². The van der Waals surface area contributed by atoms with Crippen molar-refractivity contribution >= 4 is 23.9 Å². The lowest BCUT2D eigenvalue weighted by Crippen LogP contribution is -2.33. The second kappa shape index (κ2) is 9.59. The lowest BCUT2D eigenvalue weighted by atomic mass is 10.1. The fraction of sp³-hybridized carbons (Fsp3) is 0.263. The van der Waals surface area contributed by atoms with Gasteiger partial charge in [-0.2, -0.15) is 18.3 Å². The van der Waals surface area contributed by atoms with Crippen LogP contribution in [0.15, 0.2) is 48.0 Å². The van der Waals surface area contributed by atoms with E-state index in [2.05, 4.69) is 25.4 Å². The first-order chi connectivity index (χ1) is 14.8. The highest BCUT2D eigenvalue weighted by atomic mass is 35.5. The molecule has 0 unspecified atom stereocenters. The van der Waals surface area contributed by atoms with E-state index in [1.54, 1.807) is 6.07 Å². The van der Waals surface area contributed by atoms with Gasteiger partial charge in [0.15, 0.2) is 11.5 Å². The van der Waals surface area contributed by atoms with E-state index in [9.17, 15) is 17.6 Å². The summed E-state index contributed by atoms with van der Waals surface area (Å²) in [5.74, 6) is -0.787. The monoisotopic (exact) mass is 471 g/mol. The predicted octanol–water partition coefficient (Wildman–Crippen LogP) is 2.94. The number of hydrogen-bond acceptors (Lipinski definition) is 6. The van der Waals surface area contributed by atoms with Gasteiger partial charge in [0.25, 0.3) is 0 Å². The number of rotatable bonds is 4. The summed E-state index contributed by atoms with van der Waals surface area (Å²) in [7, 11) is 0. The molecular weight excluding hydrogens is 454 g/mol. The fourth-order valence-electron chi connectivity index (χ4n) is 2.97. The zero-order chi connectivity index (χ0) is 22.0. The van der Waals surface area contributed by atoms with E-state index in [0.717, 1.165) is 17.4 Å². The summed E-state index contributed by atoms with van der Waals surface area (Å²) >= 11 is 0. The van der Waals surface area contributed by atoms with Crippen LogP contribution in [-0.4, -0.2) is 45.3 Å². The van der Waals surface area contributed by atoms with Gasteiger partial charge in [-0.05, 0) is 17.7 Å². The van der Waals surface area contributed by atoms with Gasteiger partial charge in [-0.15, -0.1) is 12.4 Å². The Labute approximate surface area is 185 Å². The van der Waals surface area contributed by atoms with Crippen LogP contribution in [-0.2, 0) is 10.9 Å². The molecular formula is C19H18ClF4N7O. The molecule has 8 nitrogen and oxygen atoms in total. The van der Waals surface area contributed by atoms with Crippen molar-refractivity contribution in [1.29, 1.82) is 0 Å². The van der Waals surface area contributed by atoms with Gasteiger partial charge in [0, 0.05) is 19.3 Å². The second-order valence-corrected chi connectivity index (χ2v) is 6.71. The normalized spacial score (nSPS) is 17.1. The third-order valence-corrected chi connectivity index (χ3v) is 4.54. The summed E-state index contributed by atoms with van der Waals surface area (Å²) in [5.41, 5.74) is 5.77. The SMILES string of the molecule is Cl.NC(=Nc1ccc([C@H]2CNCCO2)cc1F)c1cnn(-c2cncc(C(F)(F)F)n2)c1. The summed E-state index contributed by atoms with van der Waals surface area (Å²) < 4.78 is 59.7. The second-order valence-electron chi connectivity index (χ2n) is 6.71. The summed E-state index contributed by atoms with van der Waals surface area (Å²) in [4.78, 5) is 11.1. The van der Waals surface area contributed by atoms with Crippen LogP contribution in [0, 0.1) is 5.82 Å². The number of benzene rings is 1. The highest BCUT2D eigenvalue weighted by molar-refractivity contribution is 5.98. The molecule has 1 aliphatic rings. The number of nitrogens with one attached hydrogen (secondary N) is 1. The summed E-state index contributed by atoms with van der Waals surface area (Å²) in [6.07, 6.45) is -0.525. The van der Waals surface area contributed by atoms with Crippen molar-refractivity contribution in [3.63, 3.8) is 0 Å². The molecule has 0 amide bonds. The number of ether oxygens (including phenoxy) is 1. The highest BCUT2D eigenvalue weighted by Gasteiger charge is 2.33. The van der Waals surface area contributed by atoms with Gasteiger partial charge >= 0.3 is 6.18 Å². The largest absolute Gasteiger partial charge is 0.434 e. The third kappa shape index (κ3) is 5.21. The first-order valence-electron chi connectivity index (χ1n) is 9.22. The van der Waals surface area contributed by atoms with Gasteiger partial charge in [-0.1, -0.05) is 6.07 Å². The van der Waals surface area contributed by atoms with E-state index in [1.165, 1.54) is 24.5 Å². The first-order valence-corrected chi connectivity index (χ1v) is 9.22. The molecule has 1 aliphatic heterocycles. The predicted molar refractivity (Wildman–Crippen MR) is 110 cm³/mol. The Morgan fingerprint density at radius 2 is 2.06 bits per heavy atom. The average molecular weight is 472 g/mol. The maximum Gasteiger partial charge on any atom is 0.434 e. The number of amidine groups is 1. The van der Waals surface area contributed by atoms with Crippen LogP contribution in [0.4, 0.5) is 23.2 Å². The van der Waals surface area contributed by atoms with Crippen LogP contribution in [0.2, 0.25) is 0 Å². The number of alkyl halides is 3. The minimum absolute atomic E-state index is 0.